The molecule has 0 amide bonds. The normalized spacial score (nSPS) is 10.2. The molecule has 0 saturated carbocycles. The van der Waals surface area contributed by atoms with Crippen LogP contribution >= 0.6 is 0 Å². The van der Waals surface area contributed by atoms with Gasteiger partial charge in [0.1, 0.15) is 23.0 Å². The maximum absolute atomic E-state index is 12.2. The molecule has 0 saturated heterocycles. The highest BCUT2D eigenvalue weighted by molar-refractivity contribution is 6.12. The number of hydrogen-bond acceptors (Lipinski definition) is 5. The average Bonchev–Trinajstić information content (AvgIpc) is 2.37. The summed E-state index contributed by atoms with van der Waals surface area (Å²) in [6.45, 7) is 0. The highest BCUT2D eigenvalue weighted by atomic mass is 16.5. The van der Waals surface area contributed by atoms with E-state index in [2.05, 4.69) is 0 Å². The molecule has 5 nitrogen and oxygen atoms in total. The zero-order valence-corrected chi connectivity index (χ0v) is 10.1. The molecule has 0 aromatic heterocycles. The van der Waals surface area contributed by atoms with Crippen molar-refractivity contribution in [3.8, 4) is 23.0 Å². The molecular weight excluding hydrogens is 248 g/mol. The van der Waals surface area contributed by atoms with Crippen LogP contribution in [0.3, 0.4) is 0 Å². The van der Waals surface area contributed by atoms with E-state index in [0.717, 1.165) is 6.07 Å². The summed E-state index contributed by atoms with van der Waals surface area (Å²) >= 11 is 0. The van der Waals surface area contributed by atoms with Crippen LogP contribution < -0.4 is 4.74 Å². The Hall–Kier alpha value is -2.69. The maximum Gasteiger partial charge on any atom is 0.200 e. The molecule has 5 heteroatoms. The fourth-order valence-corrected chi connectivity index (χ4v) is 1.69. The third-order valence-electron chi connectivity index (χ3n) is 2.68. The van der Waals surface area contributed by atoms with Gasteiger partial charge in [-0.25, -0.2) is 0 Å². The minimum absolute atomic E-state index is 0.00160. The fraction of sp³-hybridized carbons (Fsp3) is 0.0714. The lowest BCUT2D eigenvalue weighted by Gasteiger charge is -2.07. The molecule has 0 heterocycles. The number of carbonyl (C=O) groups excluding carboxylic acids is 1. The number of methoxy groups -OCH3 is 1. The number of phenolic OH excluding ortho intramolecular Hbond substituents is 3. The lowest BCUT2D eigenvalue weighted by atomic mass is 10.0. The molecule has 0 spiro atoms. The Bertz CT molecular complexity index is 634. The number of phenols is 3. The van der Waals surface area contributed by atoms with Gasteiger partial charge in [0.15, 0.2) is 5.78 Å². The molecule has 19 heavy (non-hydrogen) atoms. The third-order valence-corrected chi connectivity index (χ3v) is 2.68. The smallest absolute Gasteiger partial charge is 0.200 e. The first-order chi connectivity index (χ1) is 9.02. The second kappa shape index (κ2) is 4.89. The Morgan fingerprint density at radius 3 is 2.05 bits per heavy atom. The van der Waals surface area contributed by atoms with E-state index in [1.807, 2.05) is 0 Å². The van der Waals surface area contributed by atoms with Crippen molar-refractivity contribution in [2.45, 2.75) is 0 Å². The number of benzene rings is 2. The van der Waals surface area contributed by atoms with Crippen molar-refractivity contribution in [3.05, 3.63) is 47.5 Å². The minimum atomic E-state index is -0.544. The summed E-state index contributed by atoms with van der Waals surface area (Å²) in [4.78, 5) is 12.2. The Balaban J connectivity index is 2.44. The van der Waals surface area contributed by atoms with Gasteiger partial charge in [-0.15, -0.1) is 0 Å². The monoisotopic (exact) mass is 260 g/mol. The largest absolute Gasteiger partial charge is 0.508 e. The Labute approximate surface area is 109 Å². The highest BCUT2D eigenvalue weighted by Gasteiger charge is 2.17. The predicted molar refractivity (Wildman–Crippen MR) is 67.9 cm³/mol. The first kappa shape index (κ1) is 12.8. The van der Waals surface area contributed by atoms with Crippen LogP contribution in [0, 0.1) is 0 Å². The first-order valence-electron chi connectivity index (χ1n) is 5.46. The van der Waals surface area contributed by atoms with Crippen LogP contribution in [0.1, 0.15) is 15.9 Å². The molecule has 2 rings (SSSR count). The molecular formula is C14H12O5. The lowest BCUT2D eigenvalue weighted by molar-refractivity contribution is 0.103. The molecule has 0 unspecified atom stereocenters. The van der Waals surface area contributed by atoms with Crippen molar-refractivity contribution in [1.29, 1.82) is 0 Å². The summed E-state index contributed by atoms with van der Waals surface area (Å²) in [6.07, 6.45) is 0. The van der Waals surface area contributed by atoms with E-state index in [1.165, 1.54) is 37.4 Å². The molecule has 0 atom stereocenters. The van der Waals surface area contributed by atoms with E-state index in [-0.39, 0.29) is 28.4 Å². The van der Waals surface area contributed by atoms with Gasteiger partial charge in [-0.05, 0) is 24.3 Å². The topological polar surface area (TPSA) is 87.0 Å². The van der Waals surface area contributed by atoms with E-state index < -0.39 is 5.78 Å². The van der Waals surface area contributed by atoms with Crippen LogP contribution in [-0.4, -0.2) is 28.2 Å². The molecule has 2 aromatic rings. The van der Waals surface area contributed by atoms with Crippen molar-refractivity contribution in [1.82, 2.24) is 0 Å². The van der Waals surface area contributed by atoms with Gasteiger partial charge in [0, 0.05) is 12.1 Å². The van der Waals surface area contributed by atoms with Gasteiger partial charge < -0.3 is 20.1 Å². The molecule has 0 radical (unpaired) electrons. The van der Waals surface area contributed by atoms with Gasteiger partial charge >= 0.3 is 0 Å². The average molecular weight is 260 g/mol. The molecule has 0 aliphatic rings. The molecule has 0 bridgehead atoms. The zero-order chi connectivity index (χ0) is 14.0. The van der Waals surface area contributed by atoms with Crippen LogP contribution in [0.4, 0.5) is 0 Å². The number of hydrogen-bond donors (Lipinski definition) is 3. The van der Waals surface area contributed by atoms with Crippen molar-refractivity contribution in [2.75, 3.05) is 7.11 Å². The van der Waals surface area contributed by atoms with Gasteiger partial charge in [-0.1, -0.05) is 0 Å². The summed E-state index contributed by atoms with van der Waals surface area (Å²) in [7, 11) is 1.45. The highest BCUT2D eigenvalue weighted by Crippen LogP contribution is 2.29. The Morgan fingerprint density at radius 2 is 1.53 bits per heavy atom. The van der Waals surface area contributed by atoms with E-state index in [9.17, 15) is 20.1 Å². The number of rotatable bonds is 3. The first-order valence-corrected chi connectivity index (χ1v) is 5.46. The lowest BCUT2D eigenvalue weighted by Crippen LogP contribution is -2.02. The van der Waals surface area contributed by atoms with Gasteiger partial charge in [0.05, 0.1) is 18.2 Å². The molecule has 2 aromatic carbocycles. The summed E-state index contributed by atoms with van der Waals surface area (Å²) in [5.74, 6) is -0.855. The van der Waals surface area contributed by atoms with E-state index in [4.69, 9.17) is 4.74 Å². The van der Waals surface area contributed by atoms with Crippen LogP contribution in [0.15, 0.2) is 36.4 Å². The molecule has 0 fully saturated rings. The SMILES string of the molecule is COc1ccc(C(=O)c2ccc(O)cc2O)c(O)c1. The van der Waals surface area contributed by atoms with Crippen LogP contribution in [0.2, 0.25) is 0 Å². The van der Waals surface area contributed by atoms with Crippen molar-refractivity contribution in [2.24, 2.45) is 0 Å². The second-order valence-electron chi connectivity index (χ2n) is 3.91. The van der Waals surface area contributed by atoms with Crippen LogP contribution in [-0.2, 0) is 0 Å². The van der Waals surface area contributed by atoms with Crippen molar-refractivity contribution in [3.63, 3.8) is 0 Å². The Morgan fingerprint density at radius 1 is 0.947 bits per heavy atom. The molecule has 0 aliphatic carbocycles. The minimum Gasteiger partial charge on any atom is -0.508 e. The van der Waals surface area contributed by atoms with E-state index in [1.54, 1.807) is 0 Å². The van der Waals surface area contributed by atoms with E-state index in [0.29, 0.717) is 5.75 Å². The van der Waals surface area contributed by atoms with Gasteiger partial charge in [-0.2, -0.15) is 0 Å². The molecule has 3 N–H and O–H groups in total. The fourth-order valence-electron chi connectivity index (χ4n) is 1.69. The van der Waals surface area contributed by atoms with Crippen molar-refractivity contribution < 1.29 is 24.9 Å². The van der Waals surface area contributed by atoms with Crippen LogP contribution in [0.5, 0.6) is 23.0 Å². The summed E-state index contributed by atoms with van der Waals surface area (Å²) < 4.78 is 4.92. The summed E-state index contributed by atoms with van der Waals surface area (Å²) in [5, 5.41) is 28.6. The number of ketones is 1. The van der Waals surface area contributed by atoms with E-state index >= 15 is 0 Å². The number of aromatic hydroxyl groups is 3. The van der Waals surface area contributed by atoms with Gasteiger partial charge in [0.25, 0.3) is 0 Å². The summed E-state index contributed by atoms with van der Waals surface area (Å²) in [6, 6.07) is 7.88. The summed E-state index contributed by atoms with van der Waals surface area (Å²) in [5.41, 5.74) is 0.0417. The molecule has 0 aliphatic heterocycles. The second-order valence-corrected chi connectivity index (χ2v) is 3.91. The zero-order valence-electron chi connectivity index (χ0n) is 10.1. The van der Waals surface area contributed by atoms with Gasteiger partial charge in [0.2, 0.25) is 0 Å². The predicted octanol–water partition coefficient (Wildman–Crippen LogP) is 2.04. The number of carbonyl (C=O) groups is 1. The standard InChI is InChI=1S/C14H12O5/c1-19-9-3-5-11(13(17)7-9)14(18)10-4-2-8(15)6-12(10)16/h2-7,15-17H,1H3. The Kier molecular flexibility index (Phi) is 3.29. The van der Waals surface area contributed by atoms with Crippen molar-refractivity contribution >= 4 is 5.78 Å². The third kappa shape index (κ3) is 2.44. The van der Waals surface area contributed by atoms with Crippen LogP contribution in [0.25, 0.3) is 0 Å². The van der Waals surface area contributed by atoms with Gasteiger partial charge in [-0.3, -0.25) is 4.79 Å². The number of ether oxygens (including phenoxy) is 1. The molecule has 98 valence electrons. The maximum atomic E-state index is 12.2. The quantitative estimate of drug-likeness (QED) is 0.735.